The zero-order valence-corrected chi connectivity index (χ0v) is 6.59. The molecule has 1 aromatic rings. The maximum Gasteiger partial charge on any atom is 0.274 e. The number of aryl methyl sites for hydroxylation is 1. The second-order valence-corrected chi connectivity index (χ2v) is 2.14. The predicted molar refractivity (Wildman–Crippen MR) is 42.3 cm³/mol. The molecule has 1 heterocycles. The van der Waals surface area contributed by atoms with Crippen molar-refractivity contribution >= 4 is 5.91 Å². The zero-order valence-electron chi connectivity index (χ0n) is 6.59. The lowest BCUT2D eigenvalue weighted by Crippen LogP contribution is -2.24. The van der Waals surface area contributed by atoms with Crippen LogP contribution >= 0.6 is 0 Å². The van der Waals surface area contributed by atoms with Crippen molar-refractivity contribution in [1.29, 1.82) is 0 Å². The number of aromatic nitrogens is 3. The number of nitrogens with zero attached hydrogens (tertiary/aromatic N) is 2. The summed E-state index contributed by atoms with van der Waals surface area (Å²) in [4.78, 5) is 11.2. The molecule has 1 rings (SSSR count). The van der Waals surface area contributed by atoms with Gasteiger partial charge in [-0.2, -0.15) is 15.4 Å². The number of terminal acetylenes is 1. The zero-order chi connectivity index (χ0) is 8.97. The van der Waals surface area contributed by atoms with E-state index in [0.717, 1.165) is 0 Å². The molecule has 0 radical (unpaired) electrons. The summed E-state index contributed by atoms with van der Waals surface area (Å²) in [5.41, 5.74) is 0.842. The smallest absolute Gasteiger partial charge is 0.274 e. The van der Waals surface area contributed by atoms with E-state index in [-0.39, 0.29) is 18.1 Å². The fraction of sp³-hybridized carbons (Fsp3) is 0.286. The molecular formula is C7H8N4O. The van der Waals surface area contributed by atoms with Crippen LogP contribution in [0.2, 0.25) is 0 Å². The number of hydrogen-bond acceptors (Lipinski definition) is 3. The average molecular weight is 164 g/mol. The van der Waals surface area contributed by atoms with Crippen molar-refractivity contribution in [3.63, 3.8) is 0 Å². The maximum absolute atomic E-state index is 11.2. The van der Waals surface area contributed by atoms with Gasteiger partial charge in [0.15, 0.2) is 5.69 Å². The number of hydrogen-bond donors (Lipinski definition) is 2. The highest BCUT2D eigenvalue weighted by atomic mass is 16.1. The van der Waals surface area contributed by atoms with Crippen LogP contribution in [0.25, 0.3) is 0 Å². The summed E-state index contributed by atoms with van der Waals surface area (Å²) in [6.07, 6.45) is 4.96. The van der Waals surface area contributed by atoms with Crippen LogP contribution in [0.5, 0.6) is 0 Å². The molecule has 0 aliphatic rings. The number of carbonyl (C=O) groups excluding carboxylic acids is 1. The van der Waals surface area contributed by atoms with Gasteiger partial charge in [-0.1, -0.05) is 5.92 Å². The van der Waals surface area contributed by atoms with Crippen molar-refractivity contribution in [3.8, 4) is 12.3 Å². The largest absolute Gasteiger partial charge is 0.340 e. The summed E-state index contributed by atoms with van der Waals surface area (Å²) in [6, 6.07) is 0. The molecule has 0 aliphatic carbocycles. The Morgan fingerprint density at radius 2 is 2.50 bits per heavy atom. The van der Waals surface area contributed by atoms with Crippen LogP contribution in [0.15, 0.2) is 0 Å². The van der Waals surface area contributed by atoms with E-state index in [0.29, 0.717) is 5.69 Å². The van der Waals surface area contributed by atoms with Crippen molar-refractivity contribution in [3.05, 3.63) is 11.4 Å². The van der Waals surface area contributed by atoms with Gasteiger partial charge in [0.1, 0.15) is 0 Å². The number of H-pyrrole nitrogens is 1. The lowest BCUT2D eigenvalue weighted by Gasteiger charge is -1.96. The van der Waals surface area contributed by atoms with E-state index in [1.54, 1.807) is 6.92 Å². The Bertz CT molecular complexity index is 322. The lowest BCUT2D eigenvalue weighted by atomic mass is 10.3. The third-order valence-electron chi connectivity index (χ3n) is 1.29. The molecule has 0 saturated heterocycles. The Labute approximate surface area is 69.6 Å². The van der Waals surface area contributed by atoms with Crippen molar-refractivity contribution < 1.29 is 4.79 Å². The topological polar surface area (TPSA) is 70.7 Å². The first-order chi connectivity index (χ1) is 5.75. The lowest BCUT2D eigenvalue weighted by molar-refractivity contribution is 0.0953. The number of amides is 1. The molecule has 0 aliphatic heterocycles. The predicted octanol–water partition coefficient (Wildman–Crippen LogP) is -0.524. The van der Waals surface area contributed by atoms with Crippen molar-refractivity contribution in [1.82, 2.24) is 20.7 Å². The number of nitrogens with one attached hydrogen (secondary N) is 2. The van der Waals surface area contributed by atoms with Crippen LogP contribution < -0.4 is 5.32 Å². The van der Waals surface area contributed by atoms with Gasteiger partial charge < -0.3 is 5.32 Å². The van der Waals surface area contributed by atoms with Gasteiger partial charge in [-0.3, -0.25) is 4.79 Å². The van der Waals surface area contributed by atoms with E-state index in [1.807, 2.05) is 0 Å². The third-order valence-corrected chi connectivity index (χ3v) is 1.29. The minimum atomic E-state index is -0.306. The fourth-order valence-electron chi connectivity index (χ4n) is 0.714. The Morgan fingerprint density at radius 1 is 1.75 bits per heavy atom. The molecule has 0 unspecified atom stereocenters. The van der Waals surface area contributed by atoms with Crippen molar-refractivity contribution in [2.75, 3.05) is 6.54 Å². The van der Waals surface area contributed by atoms with E-state index < -0.39 is 0 Å². The standard InChI is InChI=1S/C7H8N4O/c1-3-4-8-7(12)6-5(2)9-11-10-6/h1H,4H2,2H3,(H,8,12)(H,9,10,11). The van der Waals surface area contributed by atoms with Crippen molar-refractivity contribution in [2.45, 2.75) is 6.92 Å². The molecule has 0 aromatic carbocycles. The van der Waals surface area contributed by atoms with E-state index in [1.165, 1.54) is 0 Å². The van der Waals surface area contributed by atoms with E-state index in [9.17, 15) is 4.79 Å². The van der Waals surface area contributed by atoms with E-state index >= 15 is 0 Å². The second-order valence-electron chi connectivity index (χ2n) is 2.14. The summed E-state index contributed by atoms with van der Waals surface area (Å²) < 4.78 is 0. The average Bonchev–Trinajstić information content (AvgIpc) is 2.47. The first-order valence-electron chi connectivity index (χ1n) is 3.34. The summed E-state index contributed by atoms with van der Waals surface area (Å²) in [5.74, 6) is 1.98. The molecule has 62 valence electrons. The second kappa shape index (κ2) is 3.53. The van der Waals surface area contributed by atoms with Crippen LogP contribution in [0.3, 0.4) is 0 Å². The molecule has 0 atom stereocenters. The Hall–Kier alpha value is -1.83. The quantitative estimate of drug-likeness (QED) is 0.577. The van der Waals surface area contributed by atoms with E-state index in [4.69, 9.17) is 6.42 Å². The van der Waals surface area contributed by atoms with Gasteiger partial charge in [0.2, 0.25) is 0 Å². The summed E-state index contributed by atoms with van der Waals surface area (Å²) in [5, 5.41) is 12.2. The molecule has 12 heavy (non-hydrogen) atoms. The fourth-order valence-corrected chi connectivity index (χ4v) is 0.714. The molecule has 1 amide bonds. The van der Waals surface area contributed by atoms with Gasteiger partial charge in [0, 0.05) is 0 Å². The highest BCUT2D eigenvalue weighted by molar-refractivity contribution is 5.93. The SMILES string of the molecule is C#CCNC(=O)c1n[nH]nc1C. The first-order valence-corrected chi connectivity index (χ1v) is 3.34. The monoisotopic (exact) mass is 164 g/mol. The Kier molecular flexibility index (Phi) is 2.43. The molecule has 2 N–H and O–H groups in total. The molecule has 1 aromatic heterocycles. The summed E-state index contributed by atoms with van der Waals surface area (Å²) in [7, 11) is 0. The number of carbonyl (C=O) groups is 1. The van der Waals surface area contributed by atoms with Crippen LogP contribution in [-0.4, -0.2) is 27.9 Å². The Balaban J connectivity index is 2.67. The number of rotatable bonds is 2. The van der Waals surface area contributed by atoms with Crippen LogP contribution in [0.1, 0.15) is 16.2 Å². The molecule has 0 bridgehead atoms. The van der Waals surface area contributed by atoms with Crippen molar-refractivity contribution in [2.24, 2.45) is 0 Å². The highest BCUT2D eigenvalue weighted by Crippen LogP contribution is 1.96. The minimum Gasteiger partial charge on any atom is -0.340 e. The van der Waals surface area contributed by atoms with Gasteiger partial charge >= 0.3 is 0 Å². The molecule has 5 heteroatoms. The Morgan fingerprint density at radius 3 is 3.00 bits per heavy atom. The molecule has 0 fully saturated rings. The molecule has 0 saturated carbocycles. The molecule has 0 spiro atoms. The number of aromatic amines is 1. The van der Waals surface area contributed by atoms with Gasteiger partial charge in [-0.25, -0.2) is 0 Å². The summed E-state index contributed by atoms with van der Waals surface area (Å²) >= 11 is 0. The van der Waals surface area contributed by atoms with Gasteiger partial charge in [-0.15, -0.1) is 6.42 Å². The molecular weight excluding hydrogens is 156 g/mol. The molecule has 5 nitrogen and oxygen atoms in total. The normalized spacial score (nSPS) is 9.00. The third kappa shape index (κ3) is 1.61. The van der Waals surface area contributed by atoms with Crippen LogP contribution in [0.4, 0.5) is 0 Å². The maximum atomic E-state index is 11.2. The van der Waals surface area contributed by atoms with Crippen LogP contribution in [0, 0.1) is 19.3 Å². The minimum absolute atomic E-state index is 0.200. The summed E-state index contributed by atoms with van der Waals surface area (Å²) in [6.45, 7) is 1.89. The van der Waals surface area contributed by atoms with Gasteiger partial charge in [0.25, 0.3) is 5.91 Å². The first kappa shape index (κ1) is 8.27. The van der Waals surface area contributed by atoms with Gasteiger partial charge in [0.05, 0.1) is 12.2 Å². The van der Waals surface area contributed by atoms with E-state index in [2.05, 4.69) is 26.6 Å². The highest BCUT2D eigenvalue weighted by Gasteiger charge is 2.11. The van der Waals surface area contributed by atoms with Crippen LogP contribution in [-0.2, 0) is 0 Å². The van der Waals surface area contributed by atoms with Gasteiger partial charge in [-0.05, 0) is 6.92 Å².